The highest BCUT2D eigenvalue weighted by molar-refractivity contribution is 9.11. The monoisotopic (exact) mass is 319 g/mol. The summed E-state index contributed by atoms with van der Waals surface area (Å²) in [6, 6.07) is 3.49. The molecule has 1 N–H and O–H groups in total. The molecule has 2 atom stereocenters. The normalized spacial score (nSPS) is 21.8. The minimum atomic E-state index is 0.577. The first-order valence-electron chi connectivity index (χ1n) is 5.73. The first kappa shape index (κ1) is 12.9. The molecule has 0 aromatic carbocycles. The van der Waals surface area contributed by atoms with E-state index in [0.717, 1.165) is 0 Å². The summed E-state index contributed by atoms with van der Waals surface area (Å²) < 4.78 is 1.28. The largest absolute Gasteiger partial charge is 0.307 e. The quantitative estimate of drug-likeness (QED) is 0.891. The number of nitrogens with one attached hydrogen (secondary N) is 1. The molecule has 2 rings (SSSR count). The van der Waals surface area contributed by atoms with Gasteiger partial charge in [0.15, 0.2) is 0 Å². The third-order valence-corrected chi connectivity index (χ3v) is 5.53. The molecule has 0 aliphatic heterocycles. The Morgan fingerprint density at radius 2 is 2.50 bits per heavy atom. The van der Waals surface area contributed by atoms with Crippen molar-refractivity contribution in [2.45, 2.75) is 38.3 Å². The number of rotatable bonds is 4. The number of aryl methyl sites for hydroxylation is 1. The Morgan fingerprint density at radius 1 is 1.69 bits per heavy atom. The van der Waals surface area contributed by atoms with Crippen LogP contribution in [0, 0.1) is 0 Å². The molecule has 90 valence electrons. The highest BCUT2D eigenvalue weighted by atomic mass is 79.9. The van der Waals surface area contributed by atoms with Crippen LogP contribution in [0.4, 0.5) is 0 Å². The van der Waals surface area contributed by atoms with Crippen molar-refractivity contribution in [1.29, 1.82) is 0 Å². The molecule has 4 heteroatoms. The molecule has 0 fully saturated rings. The molecule has 0 amide bonds. The van der Waals surface area contributed by atoms with Crippen LogP contribution in [0.5, 0.6) is 0 Å². The van der Waals surface area contributed by atoms with E-state index in [9.17, 15) is 0 Å². The predicted molar refractivity (Wildman–Crippen MR) is 78.7 cm³/mol. The Morgan fingerprint density at radius 3 is 3.25 bits per heavy atom. The van der Waals surface area contributed by atoms with Gasteiger partial charge in [-0.1, -0.05) is 0 Å². The van der Waals surface area contributed by atoms with Crippen molar-refractivity contribution >= 4 is 39.0 Å². The molecule has 0 spiro atoms. The van der Waals surface area contributed by atoms with E-state index in [1.54, 1.807) is 4.88 Å². The van der Waals surface area contributed by atoms with Crippen LogP contribution in [0.2, 0.25) is 0 Å². The lowest BCUT2D eigenvalue weighted by Gasteiger charge is -2.26. The molecular formula is C12H18BrNS2. The second-order valence-corrected chi connectivity index (χ2v) is 7.82. The van der Waals surface area contributed by atoms with Crippen molar-refractivity contribution in [3.8, 4) is 0 Å². The fraction of sp³-hybridized carbons (Fsp3) is 0.667. The van der Waals surface area contributed by atoms with Crippen LogP contribution in [0.25, 0.3) is 0 Å². The smallest absolute Gasteiger partial charge is 0.0704 e. The molecule has 0 radical (unpaired) electrons. The average Bonchev–Trinajstić information content (AvgIpc) is 2.60. The molecule has 16 heavy (non-hydrogen) atoms. The molecule has 1 heterocycles. The van der Waals surface area contributed by atoms with Gasteiger partial charge in [0.25, 0.3) is 0 Å². The zero-order chi connectivity index (χ0) is 11.5. The van der Waals surface area contributed by atoms with Gasteiger partial charge >= 0.3 is 0 Å². The van der Waals surface area contributed by atoms with Crippen molar-refractivity contribution in [1.82, 2.24) is 5.32 Å². The van der Waals surface area contributed by atoms with Crippen LogP contribution in [0.3, 0.4) is 0 Å². The molecule has 0 saturated carbocycles. The maximum atomic E-state index is 3.75. The van der Waals surface area contributed by atoms with Crippen LogP contribution in [-0.2, 0) is 6.42 Å². The Balaban J connectivity index is 2.06. The van der Waals surface area contributed by atoms with Gasteiger partial charge in [-0.15, -0.1) is 11.3 Å². The fourth-order valence-electron chi connectivity index (χ4n) is 2.34. The SMILES string of the molecule is CSCC(C)NC1CCCc2sc(Br)cc21. The van der Waals surface area contributed by atoms with Gasteiger partial charge < -0.3 is 5.32 Å². The van der Waals surface area contributed by atoms with Crippen molar-refractivity contribution in [2.75, 3.05) is 12.0 Å². The first-order valence-corrected chi connectivity index (χ1v) is 8.74. The van der Waals surface area contributed by atoms with E-state index in [4.69, 9.17) is 0 Å². The standard InChI is InChI=1S/C12H18BrNS2/c1-8(7-15-2)14-10-4-3-5-11-9(10)6-12(13)16-11/h6,8,10,14H,3-5,7H2,1-2H3. The molecule has 0 saturated heterocycles. The maximum Gasteiger partial charge on any atom is 0.0704 e. The van der Waals surface area contributed by atoms with E-state index < -0.39 is 0 Å². The molecule has 1 nitrogen and oxygen atoms in total. The Labute approximate surface area is 115 Å². The number of fused-ring (bicyclic) bond motifs is 1. The summed E-state index contributed by atoms with van der Waals surface area (Å²) in [5.74, 6) is 1.19. The molecular weight excluding hydrogens is 302 g/mol. The number of hydrogen-bond acceptors (Lipinski definition) is 3. The predicted octanol–water partition coefficient (Wildman–Crippen LogP) is 4.23. The molecule has 1 aliphatic rings. The molecule has 1 aromatic heterocycles. The van der Waals surface area contributed by atoms with Crippen molar-refractivity contribution in [3.05, 3.63) is 20.3 Å². The van der Waals surface area contributed by atoms with Crippen LogP contribution in [0.15, 0.2) is 9.85 Å². The van der Waals surface area contributed by atoms with E-state index in [2.05, 4.69) is 40.5 Å². The summed E-state index contributed by atoms with van der Waals surface area (Å²) in [6.07, 6.45) is 6.05. The third kappa shape index (κ3) is 3.03. The molecule has 0 bridgehead atoms. The zero-order valence-corrected chi connectivity index (χ0v) is 13.0. The van der Waals surface area contributed by atoms with Gasteiger partial charge in [0.05, 0.1) is 3.79 Å². The Kier molecular flexibility index (Phi) is 4.76. The van der Waals surface area contributed by atoms with Gasteiger partial charge in [-0.2, -0.15) is 11.8 Å². The van der Waals surface area contributed by atoms with Gasteiger partial charge in [0.1, 0.15) is 0 Å². The van der Waals surface area contributed by atoms with E-state index in [1.165, 1.54) is 34.4 Å². The Bertz CT molecular complexity index is 351. The third-order valence-electron chi connectivity index (χ3n) is 2.99. The number of thiophene rings is 1. The van der Waals surface area contributed by atoms with Gasteiger partial charge in [0.2, 0.25) is 0 Å². The summed E-state index contributed by atoms with van der Waals surface area (Å²) in [6.45, 7) is 2.28. The van der Waals surface area contributed by atoms with Crippen LogP contribution < -0.4 is 5.32 Å². The minimum Gasteiger partial charge on any atom is -0.307 e. The summed E-state index contributed by atoms with van der Waals surface area (Å²) >= 11 is 7.42. The van der Waals surface area contributed by atoms with Gasteiger partial charge in [0, 0.05) is 22.7 Å². The lowest BCUT2D eigenvalue weighted by molar-refractivity contribution is 0.429. The molecule has 2 unspecified atom stereocenters. The molecule has 1 aromatic rings. The second kappa shape index (κ2) is 5.89. The summed E-state index contributed by atoms with van der Waals surface area (Å²) in [5, 5.41) is 3.75. The topological polar surface area (TPSA) is 12.0 Å². The number of halogens is 1. The van der Waals surface area contributed by atoms with Crippen LogP contribution in [0.1, 0.15) is 36.2 Å². The maximum absolute atomic E-state index is 3.75. The summed E-state index contributed by atoms with van der Waals surface area (Å²) in [5.41, 5.74) is 1.54. The highest BCUT2D eigenvalue weighted by Crippen LogP contribution is 2.38. The summed E-state index contributed by atoms with van der Waals surface area (Å²) in [7, 11) is 0. The van der Waals surface area contributed by atoms with Gasteiger partial charge in [-0.25, -0.2) is 0 Å². The van der Waals surface area contributed by atoms with Crippen LogP contribution >= 0.6 is 39.0 Å². The second-order valence-electron chi connectivity index (χ2n) is 4.40. The van der Waals surface area contributed by atoms with E-state index in [0.29, 0.717) is 12.1 Å². The number of thioether (sulfide) groups is 1. The Hall–Kier alpha value is 0.490. The lowest BCUT2D eigenvalue weighted by Crippen LogP contribution is -2.33. The molecule has 1 aliphatic carbocycles. The fourth-order valence-corrected chi connectivity index (χ4v) is 4.75. The van der Waals surface area contributed by atoms with Crippen molar-refractivity contribution in [3.63, 3.8) is 0 Å². The van der Waals surface area contributed by atoms with E-state index >= 15 is 0 Å². The van der Waals surface area contributed by atoms with Crippen LogP contribution in [-0.4, -0.2) is 18.1 Å². The number of hydrogen-bond donors (Lipinski definition) is 1. The highest BCUT2D eigenvalue weighted by Gasteiger charge is 2.23. The van der Waals surface area contributed by atoms with Gasteiger partial charge in [-0.05, 0) is 60.0 Å². The van der Waals surface area contributed by atoms with Gasteiger partial charge in [-0.3, -0.25) is 0 Å². The van der Waals surface area contributed by atoms with E-state index in [-0.39, 0.29) is 0 Å². The van der Waals surface area contributed by atoms with Crippen molar-refractivity contribution in [2.24, 2.45) is 0 Å². The van der Waals surface area contributed by atoms with E-state index in [1.807, 2.05) is 23.1 Å². The minimum absolute atomic E-state index is 0.577. The first-order chi connectivity index (χ1) is 7.70. The lowest BCUT2D eigenvalue weighted by atomic mass is 9.93. The zero-order valence-electron chi connectivity index (χ0n) is 9.75. The summed E-state index contributed by atoms with van der Waals surface area (Å²) in [4.78, 5) is 1.58. The average molecular weight is 320 g/mol. The van der Waals surface area contributed by atoms with Crippen molar-refractivity contribution < 1.29 is 0 Å².